The number of nitrogens with zero attached hydrogens (tertiary/aromatic N) is 1. The number of nitrogens with one attached hydrogen (secondary N) is 1. The van der Waals surface area contributed by atoms with Gasteiger partial charge < -0.3 is 19.4 Å². The summed E-state index contributed by atoms with van der Waals surface area (Å²) < 4.78 is 11.3. The van der Waals surface area contributed by atoms with Crippen LogP contribution >= 0.6 is 0 Å². The first kappa shape index (κ1) is 18.7. The van der Waals surface area contributed by atoms with Crippen LogP contribution in [0, 0.1) is 6.92 Å². The Labute approximate surface area is 155 Å². The predicted molar refractivity (Wildman–Crippen MR) is 101 cm³/mol. The van der Waals surface area contributed by atoms with Crippen LogP contribution in [0.25, 0.3) is 0 Å². The summed E-state index contributed by atoms with van der Waals surface area (Å²) in [6.07, 6.45) is 3.26. The van der Waals surface area contributed by atoms with Gasteiger partial charge in [0, 0.05) is 19.7 Å². The van der Waals surface area contributed by atoms with E-state index in [2.05, 4.69) is 17.4 Å². The Morgan fingerprint density at radius 3 is 2.77 bits per heavy atom. The number of hydrogen-bond acceptors (Lipinski definition) is 4. The fraction of sp³-hybridized carbons (Fsp3) is 0.476. The Bertz CT molecular complexity index is 678. The third-order valence-electron chi connectivity index (χ3n) is 4.68. The molecule has 1 aliphatic heterocycles. The van der Waals surface area contributed by atoms with Gasteiger partial charge >= 0.3 is 0 Å². The Morgan fingerprint density at radius 1 is 1.23 bits per heavy atom. The maximum Gasteiger partial charge on any atom is 0.236 e. The zero-order chi connectivity index (χ0) is 18.2. The molecule has 1 amide bonds. The maximum absolute atomic E-state index is 12.7. The van der Waals surface area contributed by atoms with E-state index in [0.717, 1.165) is 43.9 Å². The highest BCUT2D eigenvalue weighted by Gasteiger charge is 2.18. The van der Waals surface area contributed by atoms with Crippen molar-refractivity contribution in [3.8, 4) is 0 Å². The largest absolute Gasteiger partial charge is 0.464 e. The molecule has 3 rings (SSSR count). The van der Waals surface area contributed by atoms with Crippen LogP contribution in [0.1, 0.15) is 29.9 Å². The van der Waals surface area contributed by atoms with E-state index in [9.17, 15) is 4.79 Å². The standard InChI is InChI=1S/C21H28N2O3/c1-17-9-10-20(26-17)16-23(12-11-18-6-3-2-4-7-18)21(24)15-22-14-19-8-5-13-25-19/h2-4,6-7,9-10,19,22H,5,8,11-16H2,1H3/t19-/m1/s1. The van der Waals surface area contributed by atoms with Gasteiger partial charge in [-0.05, 0) is 43.9 Å². The second-order valence-corrected chi connectivity index (χ2v) is 6.83. The van der Waals surface area contributed by atoms with Crippen molar-refractivity contribution in [1.82, 2.24) is 10.2 Å². The molecule has 0 bridgehead atoms. The molecule has 0 saturated carbocycles. The van der Waals surface area contributed by atoms with Crippen molar-refractivity contribution >= 4 is 5.91 Å². The Balaban J connectivity index is 1.54. The van der Waals surface area contributed by atoms with E-state index in [-0.39, 0.29) is 12.0 Å². The Kier molecular flexibility index (Phi) is 6.86. The van der Waals surface area contributed by atoms with Gasteiger partial charge in [0.2, 0.25) is 5.91 Å². The minimum absolute atomic E-state index is 0.0907. The van der Waals surface area contributed by atoms with Gasteiger partial charge in [0.15, 0.2) is 0 Å². The van der Waals surface area contributed by atoms with Gasteiger partial charge in [-0.1, -0.05) is 30.3 Å². The fourth-order valence-electron chi connectivity index (χ4n) is 3.22. The summed E-state index contributed by atoms with van der Waals surface area (Å²) >= 11 is 0. The minimum Gasteiger partial charge on any atom is -0.464 e. The molecule has 1 fully saturated rings. The van der Waals surface area contributed by atoms with Crippen molar-refractivity contribution in [2.45, 2.75) is 38.8 Å². The first-order valence-corrected chi connectivity index (χ1v) is 9.40. The normalized spacial score (nSPS) is 16.7. The first-order valence-electron chi connectivity index (χ1n) is 9.40. The van der Waals surface area contributed by atoms with Gasteiger partial charge in [-0.25, -0.2) is 0 Å². The predicted octanol–water partition coefficient (Wildman–Crippen LogP) is 2.93. The minimum atomic E-state index is 0.0907. The molecule has 1 aliphatic rings. The van der Waals surface area contributed by atoms with Crippen LogP contribution in [0.5, 0.6) is 0 Å². The molecule has 0 unspecified atom stereocenters. The van der Waals surface area contributed by atoms with E-state index in [0.29, 0.717) is 19.6 Å². The average Bonchev–Trinajstić information content (AvgIpc) is 3.31. The number of carbonyl (C=O) groups excluding carboxylic acids is 1. The summed E-state index contributed by atoms with van der Waals surface area (Å²) in [4.78, 5) is 14.6. The summed E-state index contributed by atoms with van der Waals surface area (Å²) in [6.45, 7) is 4.99. The van der Waals surface area contributed by atoms with Crippen molar-refractivity contribution < 1.29 is 13.9 Å². The molecule has 26 heavy (non-hydrogen) atoms. The number of benzene rings is 1. The van der Waals surface area contributed by atoms with Crippen molar-refractivity contribution in [3.05, 3.63) is 59.5 Å². The number of aryl methyl sites for hydroxylation is 1. The number of hydrogen-bond donors (Lipinski definition) is 1. The molecular formula is C21H28N2O3. The topological polar surface area (TPSA) is 54.7 Å². The molecule has 5 nitrogen and oxygen atoms in total. The summed E-state index contributed by atoms with van der Waals surface area (Å²) in [5.41, 5.74) is 1.23. The molecule has 0 spiro atoms. The van der Waals surface area contributed by atoms with Gasteiger partial charge in [0.05, 0.1) is 19.2 Å². The zero-order valence-electron chi connectivity index (χ0n) is 15.4. The zero-order valence-corrected chi connectivity index (χ0v) is 15.4. The highest BCUT2D eigenvalue weighted by molar-refractivity contribution is 5.78. The third kappa shape index (κ3) is 5.71. The van der Waals surface area contributed by atoms with E-state index in [1.165, 1.54) is 5.56 Å². The lowest BCUT2D eigenvalue weighted by Gasteiger charge is -2.22. The molecule has 2 heterocycles. The first-order chi connectivity index (χ1) is 12.7. The van der Waals surface area contributed by atoms with Crippen LogP contribution in [0.15, 0.2) is 46.9 Å². The summed E-state index contributed by atoms with van der Waals surface area (Å²) in [5, 5.41) is 3.25. The van der Waals surface area contributed by atoms with E-state index < -0.39 is 0 Å². The summed E-state index contributed by atoms with van der Waals surface area (Å²) in [6, 6.07) is 14.1. The quantitative estimate of drug-likeness (QED) is 0.751. The number of rotatable bonds is 9. The van der Waals surface area contributed by atoms with Gasteiger partial charge in [0.1, 0.15) is 11.5 Å². The van der Waals surface area contributed by atoms with Crippen molar-refractivity contribution in [3.63, 3.8) is 0 Å². The third-order valence-corrected chi connectivity index (χ3v) is 4.68. The lowest BCUT2D eigenvalue weighted by atomic mass is 10.1. The summed E-state index contributed by atoms with van der Waals surface area (Å²) in [7, 11) is 0. The smallest absolute Gasteiger partial charge is 0.236 e. The number of amides is 1. The molecule has 1 N–H and O–H groups in total. The van der Waals surface area contributed by atoms with Crippen LogP contribution in [0.2, 0.25) is 0 Å². The van der Waals surface area contributed by atoms with Crippen molar-refractivity contribution in [2.75, 3.05) is 26.2 Å². The van der Waals surface area contributed by atoms with Gasteiger partial charge in [0.25, 0.3) is 0 Å². The molecule has 0 radical (unpaired) electrons. The lowest BCUT2D eigenvalue weighted by molar-refractivity contribution is -0.131. The number of ether oxygens (including phenoxy) is 1. The van der Waals surface area contributed by atoms with Crippen LogP contribution in [-0.2, 0) is 22.5 Å². The van der Waals surface area contributed by atoms with Crippen LogP contribution in [-0.4, -0.2) is 43.2 Å². The van der Waals surface area contributed by atoms with E-state index in [1.54, 1.807) is 0 Å². The molecular weight excluding hydrogens is 328 g/mol. The molecule has 2 aromatic rings. The van der Waals surface area contributed by atoms with E-state index >= 15 is 0 Å². The highest BCUT2D eigenvalue weighted by Crippen LogP contribution is 2.12. The van der Waals surface area contributed by atoms with E-state index in [4.69, 9.17) is 9.15 Å². The van der Waals surface area contributed by atoms with E-state index in [1.807, 2.05) is 42.2 Å². The molecule has 1 atom stereocenters. The Hall–Kier alpha value is -2.11. The second-order valence-electron chi connectivity index (χ2n) is 6.83. The maximum atomic E-state index is 12.7. The molecule has 1 aromatic carbocycles. The molecule has 140 valence electrons. The number of carbonyl (C=O) groups is 1. The molecule has 1 saturated heterocycles. The SMILES string of the molecule is Cc1ccc(CN(CCc2ccccc2)C(=O)CNC[C@H]2CCCO2)o1. The second kappa shape index (κ2) is 9.55. The lowest BCUT2D eigenvalue weighted by Crippen LogP contribution is -2.40. The summed E-state index contributed by atoms with van der Waals surface area (Å²) in [5.74, 6) is 1.78. The number of furan rings is 1. The average molecular weight is 356 g/mol. The fourth-order valence-corrected chi connectivity index (χ4v) is 3.22. The van der Waals surface area contributed by atoms with Crippen molar-refractivity contribution in [1.29, 1.82) is 0 Å². The van der Waals surface area contributed by atoms with Crippen molar-refractivity contribution in [2.24, 2.45) is 0 Å². The Morgan fingerprint density at radius 2 is 2.08 bits per heavy atom. The molecule has 0 aliphatic carbocycles. The van der Waals surface area contributed by atoms with Gasteiger partial charge in [-0.3, -0.25) is 4.79 Å². The van der Waals surface area contributed by atoms with Gasteiger partial charge in [-0.2, -0.15) is 0 Å². The van der Waals surface area contributed by atoms with Crippen LogP contribution in [0.3, 0.4) is 0 Å². The van der Waals surface area contributed by atoms with Crippen LogP contribution in [0.4, 0.5) is 0 Å². The monoisotopic (exact) mass is 356 g/mol. The van der Waals surface area contributed by atoms with Crippen LogP contribution < -0.4 is 5.32 Å². The molecule has 1 aromatic heterocycles. The van der Waals surface area contributed by atoms with Gasteiger partial charge in [-0.15, -0.1) is 0 Å². The molecule has 5 heteroatoms. The highest BCUT2D eigenvalue weighted by atomic mass is 16.5.